The third-order valence-corrected chi connectivity index (χ3v) is 3.62. The summed E-state index contributed by atoms with van der Waals surface area (Å²) in [5, 5.41) is 0. The monoisotopic (exact) mass is 265 g/mol. The van der Waals surface area contributed by atoms with Crippen LogP contribution in [0.15, 0.2) is 24.3 Å². The lowest BCUT2D eigenvalue weighted by atomic mass is 10.1. The number of carbonyl (C=O) groups is 1. The van der Waals surface area contributed by atoms with Crippen LogP contribution in [0.2, 0.25) is 0 Å². The highest BCUT2D eigenvalue weighted by atomic mass is 19.1. The van der Waals surface area contributed by atoms with Crippen molar-refractivity contribution in [2.75, 3.05) is 26.3 Å². The number of Topliss-reactive ketones (excluding diaryl/α,β-unsaturated/α-hetero) is 1. The summed E-state index contributed by atoms with van der Waals surface area (Å²) in [6, 6.07) is 6.55. The van der Waals surface area contributed by atoms with E-state index in [2.05, 4.69) is 11.8 Å². The molecular formula is C15H20FNO2. The molecule has 4 heteroatoms. The van der Waals surface area contributed by atoms with Gasteiger partial charge in [0.15, 0.2) is 5.78 Å². The van der Waals surface area contributed by atoms with Gasteiger partial charge in [0.05, 0.1) is 18.8 Å². The van der Waals surface area contributed by atoms with Crippen molar-refractivity contribution in [3.63, 3.8) is 0 Å². The first-order valence-corrected chi connectivity index (χ1v) is 6.82. The van der Waals surface area contributed by atoms with E-state index in [0.717, 1.165) is 19.6 Å². The smallest absolute Gasteiger partial charge is 0.167 e. The fourth-order valence-electron chi connectivity index (χ4n) is 2.43. The van der Waals surface area contributed by atoms with E-state index in [4.69, 9.17) is 4.74 Å². The second kappa shape index (κ2) is 6.78. The zero-order chi connectivity index (χ0) is 13.7. The van der Waals surface area contributed by atoms with Crippen molar-refractivity contribution in [2.24, 2.45) is 0 Å². The van der Waals surface area contributed by atoms with Crippen molar-refractivity contribution < 1.29 is 13.9 Å². The molecule has 1 fully saturated rings. The summed E-state index contributed by atoms with van der Waals surface area (Å²) in [6.07, 6.45) is 1.37. The summed E-state index contributed by atoms with van der Waals surface area (Å²) in [7, 11) is 0. The molecule has 1 heterocycles. The van der Waals surface area contributed by atoms with Crippen LogP contribution in [0.5, 0.6) is 0 Å². The molecule has 1 aliphatic rings. The second-order valence-electron chi connectivity index (χ2n) is 4.83. The Labute approximate surface area is 113 Å². The van der Waals surface area contributed by atoms with Gasteiger partial charge in [0.25, 0.3) is 0 Å². The van der Waals surface area contributed by atoms with Crippen LogP contribution in [-0.4, -0.2) is 43.0 Å². The zero-order valence-corrected chi connectivity index (χ0v) is 11.3. The highest BCUT2D eigenvalue weighted by Crippen LogP contribution is 2.13. The quantitative estimate of drug-likeness (QED) is 0.766. The van der Waals surface area contributed by atoms with Gasteiger partial charge in [0.1, 0.15) is 5.82 Å². The Balaban J connectivity index is 1.91. The van der Waals surface area contributed by atoms with E-state index in [0.29, 0.717) is 25.6 Å². The normalized spacial score (nSPS) is 20.4. The Kier molecular flexibility index (Phi) is 5.05. The molecule has 1 unspecified atom stereocenters. The highest BCUT2D eigenvalue weighted by Gasteiger charge is 2.22. The number of rotatable bonds is 5. The average Bonchev–Trinajstić information content (AvgIpc) is 2.45. The summed E-state index contributed by atoms with van der Waals surface area (Å²) in [5.74, 6) is -0.555. The minimum absolute atomic E-state index is 0.126. The van der Waals surface area contributed by atoms with E-state index in [-0.39, 0.29) is 11.3 Å². The van der Waals surface area contributed by atoms with Crippen LogP contribution in [0.1, 0.15) is 30.1 Å². The number of carbonyl (C=O) groups excluding carboxylic acids is 1. The number of hydrogen-bond donors (Lipinski definition) is 0. The lowest BCUT2D eigenvalue weighted by Crippen LogP contribution is -2.45. The lowest BCUT2D eigenvalue weighted by Gasteiger charge is -2.34. The number of hydrogen-bond acceptors (Lipinski definition) is 3. The molecule has 0 amide bonds. The molecule has 0 saturated carbocycles. The van der Waals surface area contributed by atoms with Gasteiger partial charge >= 0.3 is 0 Å². The Bertz CT molecular complexity index is 436. The molecule has 0 radical (unpaired) electrons. The van der Waals surface area contributed by atoms with Gasteiger partial charge in [-0.3, -0.25) is 9.69 Å². The van der Waals surface area contributed by atoms with Crippen molar-refractivity contribution in [3.05, 3.63) is 35.6 Å². The van der Waals surface area contributed by atoms with Crippen molar-refractivity contribution in [2.45, 2.75) is 25.8 Å². The van der Waals surface area contributed by atoms with Gasteiger partial charge in [-0.1, -0.05) is 19.1 Å². The Morgan fingerprint density at radius 1 is 1.47 bits per heavy atom. The van der Waals surface area contributed by atoms with Gasteiger partial charge in [0.2, 0.25) is 0 Å². The van der Waals surface area contributed by atoms with E-state index in [1.54, 1.807) is 18.2 Å². The van der Waals surface area contributed by atoms with Crippen molar-refractivity contribution in [1.82, 2.24) is 4.90 Å². The van der Waals surface area contributed by atoms with Crippen LogP contribution in [0.4, 0.5) is 4.39 Å². The standard InChI is InChI=1S/C15H20FNO2/c1-2-12-11-19-10-9-17(12)8-7-15(18)13-5-3-4-6-14(13)16/h3-6,12H,2,7-11H2,1H3. The Morgan fingerprint density at radius 3 is 3.00 bits per heavy atom. The number of nitrogens with zero attached hydrogens (tertiary/aromatic N) is 1. The minimum Gasteiger partial charge on any atom is -0.378 e. The fourth-order valence-corrected chi connectivity index (χ4v) is 2.43. The zero-order valence-electron chi connectivity index (χ0n) is 11.3. The first-order valence-electron chi connectivity index (χ1n) is 6.82. The van der Waals surface area contributed by atoms with E-state index in [1.807, 2.05) is 0 Å². The van der Waals surface area contributed by atoms with Gasteiger partial charge in [-0.25, -0.2) is 4.39 Å². The summed E-state index contributed by atoms with van der Waals surface area (Å²) < 4.78 is 18.9. The van der Waals surface area contributed by atoms with Gasteiger partial charge in [-0.05, 0) is 18.6 Å². The lowest BCUT2D eigenvalue weighted by molar-refractivity contribution is -0.00840. The predicted molar refractivity (Wildman–Crippen MR) is 71.8 cm³/mol. The number of ketones is 1. The SMILES string of the molecule is CCC1COCCN1CCC(=O)c1ccccc1F. The molecule has 2 rings (SSSR count). The third kappa shape index (κ3) is 3.61. The van der Waals surface area contributed by atoms with E-state index in [9.17, 15) is 9.18 Å². The molecule has 19 heavy (non-hydrogen) atoms. The van der Waals surface area contributed by atoms with Crippen LogP contribution in [0.3, 0.4) is 0 Å². The van der Waals surface area contributed by atoms with Crippen LogP contribution in [0, 0.1) is 5.82 Å². The molecule has 1 atom stereocenters. The van der Waals surface area contributed by atoms with Crippen molar-refractivity contribution in [3.8, 4) is 0 Å². The summed E-state index contributed by atoms with van der Waals surface area (Å²) in [6.45, 7) is 5.08. The van der Waals surface area contributed by atoms with E-state index in [1.165, 1.54) is 6.07 Å². The average molecular weight is 265 g/mol. The largest absolute Gasteiger partial charge is 0.378 e. The molecule has 0 aromatic heterocycles. The number of benzene rings is 1. The van der Waals surface area contributed by atoms with E-state index < -0.39 is 5.82 Å². The second-order valence-corrected chi connectivity index (χ2v) is 4.83. The van der Waals surface area contributed by atoms with Gasteiger partial charge in [-0.2, -0.15) is 0 Å². The third-order valence-electron chi connectivity index (χ3n) is 3.62. The maximum absolute atomic E-state index is 13.5. The molecule has 0 aliphatic carbocycles. The van der Waals surface area contributed by atoms with Crippen LogP contribution in [-0.2, 0) is 4.74 Å². The Hall–Kier alpha value is -1.26. The maximum Gasteiger partial charge on any atom is 0.167 e. The summed E-state index contributed by atoms with van der Waals surface area (Å²) in [4.78, 5) is 14.3. The first kappa shape index (κ1) is 14.2. The van der Waals surface area contributed by atoms with Gasteiger partial charge in [-0.15, -0.1) is 0 Å². The molecule has 0 spiro atoms. The fraction of sp³-hybridized carbons (Fsp3) is 0.533. The summed E-state index contributed by atoms with van der Waals surface area (Å²) >= 11 is 0. The molecule has 1 aromatic carbocycles. The molecule has 104 valence electrons. The van der Waals surface area contributed by atoms with Gasteiger partial charge in [0, 0.05) is 25.6 Å². The van der Waals surface area contributed by atoms with Crippen molar-refractivity contribution in [1.29, 1.82) is 0 Å². The van der Waals surface area contributed by atoms with Crippen molar-refractivity contribution >= 4 is 5.78 Å². The molecule has 3 nitrogen and oxygen atoms in total. The minimum atomic E-state index is -0.429. The summed E-state index contributed by atoms with van der Waals surface area (Å²) in [5.41, 5.74) is 0.198. The molecule has 0 N–H and O–H groups in total. The number of halogens is 1. The number of ether oxygens (including phenoxy) is 1. The first-order chi connectivity index (χ1) is 9.22. The topological polar surface area (TPSA) is 29.5 Å². The molecule has 1 aromatic rings. The highest BCUT2D eigenvalue weighted by molar-refractivity contribution is 5.96. The van der Waals surface area contributed by atoms with Gasteiger partial charge < -0.3 is 4.74 Å². The van der Waals surface area contributed by atoms with Crippen LogP contribution in [0.25, 0.3) is 0 Å². The predicted octanol–water partition coefficient (Wildman–Crippen LogP) is 2.51. The molecule has 0 bridgehead atoms. The number of morpholine rings is 1. The van der Waals surface area contributed by atoms with Crippen LogP contribution >= 0.6 is 0 Å². The van der Waals surface area contributed by atoms with E-state index >= 15 is 0 Å². The molecular weight excluding hydrogens is 245 g/mol. The molecule has 1 saturated heterocycles. The molecule has 1 aliphatic heterocycles. The maximum atomic E-state index is 13.5. The Morgan fingerprint density at radius 2 is 2.26 bits per heavy atom. The van der Waals surface area contributed by atoms with Crippen LogP contribution < -0.4 is 0 Å².